The molecule has 0 aliphatic heterocycles. The third-order valence-corrected chi connectivity index (χ3v) is 8.47. The fourth-order valence-corrected chi connectivity index (χ4v) is 6.20. The molecule has 0 unspecified atom stereocenters. The van der Waals surface area contributed by atoms with E-state index in [-0.39, 0.29) is 18.1 Å². The predicted molar refractivity (Wildman–Crippen MR) is 153 cm³/mol. The second-order valence-corrected chi connectivity index (χ2v) is 12.0. The zero-order valence-corrected chi connectivity index (χ0v) is 25.1. The molecule has 0 fully saturated rings. The maximum Gasteiger partial charge on any atom is 0.357 e. The van der Waals surface area contributed by atoms with Crippen molar-refractivity contribution in [1.29, 1.82) is 0 Å². The van der Waals surface area contributed by atoms with E-state index in [0.717, 1.165) is 11.3 Å². The lowest BCUT2D eigenvalue weighted by molar-refractivity contribution is 0.0593. The van der Waals surface area contributed by atoms with E-state index in [9.17, 15) is 13.8 Å². The van der Waals surface area contributed by atoms with Crippen molar-refractivity contribution in [2.45, 2.75) is 39.5 Å². The number of hydrogen-bond acceptors (Lipinski definition) is 10. The first kappa shape index (κ1) is 32.7. The number of thiazole rings is 1. The summed E-state index contributed by atoms with van der Waals surface area (Å²) in [5, 5.41) is 3.82. The van der Waals surface area contributed by atoms with Crippen LogP contribution in [0.2, 0.25) is 0 Å². The minimum absolute atomic E-state index is 0.159. The van der Waals surface area contributed by atoms with Crippen LogP contribution in [0.4, 0.5) is 9.52 Å². The van der Waals surface area contributed by atoms with Gasteiger partial charge in [0, 0.05) is 17.0 Å². The van der Waals surface area contributed by atoms with E-state index in [4.69, 9.17) is 18.5 Å². The van der Waals surface area contributed by atoms with Crippen molar-refractivity contribution in [1.82, 2.24) is 9.88 Å². The summed E-state index contributed by atoms with van der Waals surface area (Å²) in [5.74, 6) is 5.08. The lowest BCUT2D eigenvalue weighted by Gasteiger charge is -2.16. The average Bonchev–Trinajstić information content (AvgIpc) is 3.30. The number of anilines is 1. The number of halogens is 1. The molecule has 1 N–H and O–H groups in total. The molecule has 216 valence electrons. The molecule has 0 atom stereocenters. The zero-order valence-electron chi connectivity index (χ0n) is 23.4. The SMILES string of the molecule is CCOP(=O)(CCCCNc1nc(C(=O)OC)c(CCCOc2ccc(C#CCN(C)C)cc2F)s1)OCC. The van der Waals surface area contributed by atoms with E-state index in [1.54, 1.807) is 26.0 Å². The number of hydrogen-bond donors (Lipinski definition) is 1. The number of esters is 1. The molecule has 9 nitrogen and oxygen atoms in total. The van der Waals surface area contributed by atoms with E-state index < -0.39 is 19.4 Å². The van der Waals surface area contributed by atoms with Crippen LogP contribution < -0.4 is 10.1 Å². The Labute approximate surface area is 234 Å². The molecule has 2 rings (SSSR count). The third kappa shape index (κ3) is 11.7. The molecule has 0 aliphatic carbocycles. The number of unbranched alkanes of at least 4 members (excludes halogenated alkanes) is 1. The Bertz CT molecular complexity index is 1150. The van der Waals surface area contributed by atoms with Gasteiger partial charge in [0.25, 0.3) is 0 Å². The van der Waals surface area contributed by atoms with Gasteiger partial charge in [-0.25, -0.2) is 14.2 Å². The second kappa shape index (κ2) is 17.3. The van der Waals surface area contributed by atoms with Gasteiger partial charge in [-0.3, -0.25) is 9.46 Å². The Balaban J connectivity index is 1.86. The highest BCUT2D eigenvalue weighted by atomic mass is 32.1. The number of benzene rings is 1. The summed E-state index contributed by atoms with van der Waals surface area (Å²) in [6.07, 6.45) is 2.81. The second-order valence-electron chi connectivity index (χ2n) is 8.72. The van der Waals surface area contributed by atoms with Crippen LogP contribution in [-0.4, -0.2) is 76.1 Å². The molecule has 0 spiro atoms. The van der Waals surface area contributed by atoms with E-state index in [1.807, 2.05) is 19.0 Å². The molecule has 1 aromatic carbocycles. The minimum Gasteiger partial charge on any atom is -0.491 e. The lowest BCUT2D eigenvalue weighted by Crippen LogP contribution is -2.10. The van der Waals surface area contributed by atoms with Crippen LogP contribution in [0, 0.1) is 17.7 Å². The highest BCUT2D eigenvalue weighted by Gasteiger charge is 2.23. The van der Waals surface area contributed by atoms with Crippen molar-refractivity contribution in [2.75, 3.05) is 65.6 Å². The maximum absolute atomic E-state index is 14.4. The molecule has 0 bridgehead atoms. The van der Waals surface area contributed by atoms with Gasteiger partial charge in [-0.05, 0) is 71.8 Å². The van der Waals surface area contributed by atoms with Crippen molar-refractivity contribution < 1.29 is 32.3 Å². The maximum atomic E-state index is 14.4. The molecule has 1 aromatic heterocycles. The number of rotatable bonds is 17. The first-order valence-electron chi connectivity index (χ1n) is 13.0. The number of methoxy groups -OCH3 is 1. The first-order valence-corrected chi connectivity index (χ1v) is 15.5. The first-order chi connectivity index (χ1) is 18.7. The van der Waals surface area contributed by atoms with Crippen molar-refractivity contribution >= 4 is 30.0 Å². The normalized spacial score (nSPS) is 11.3. The van der Waals surface area contributed by atoms with Crippen molar-refractivity contribution in [2.24, 2.45) is 0 Å². The smallest absolute Gasteiger partial charge is 0.357 e. The van der Waals surface area contributed by atoms with E-state index in [0.29, 0.717) is 62.4 Å². The van der Waals surface area contributed by atoms with E-state index >= 15 is 0 Å². The Morgan fingerprint density at radius 1 is 1.18 bits per heavy atom. The zero-order chi connectivity index (χ0) is 28.7. The van der Waals surface area contributed by atoms with Crippen molar-refractivity contribution in [3.05, 3.63) is 40.2 Å². The van der Waals surface area contributed by atoms with E-state index in [2.05, 4.69) is 22.1 Å². The predicted octanol–water partition coefficient (Wildman–Crippen LogP) is 5.45. The van der Waals surface area contributed by atoms with Gasteiger partial charge < -0.3 is 23.8 Å². The molecule has 0 saturated heterocycles. The van der Waals surface area contributed by atoms with Crippen LogP contribution in [0.5, 0.6) is 5.75 Å². The number of aryl methyl sites for hydroxylation is 1. The topological polar surface area (TPSA) is 99.2 Å². The van der Waals surface area contributed by atoms with Crippen LogP contribution in [0.15, 0.2) is 18.2 Å². The molecule has 0 radical (unpaired) electrons. The fraction of sp³-hybridized carbons (Fsp3) is 0.556. The van der Waals surface area contributed by atoms with Gasteiger partial charge in [0.15, 0.2) is 22.4 Å². The van der Waals surface area contributed by atoms with Gasteiger partial charge in [-0.1, -0.05) is 11.8 Å². The highest BCUT2D eigenvalue weighted by Crippen LogP contribution is 2.48. The van der Waals surface area contributed by atoms with Crippen LogP contribution >= 0.6 is 18.9 Å². The van der Waals surface area contributed by atoms with Gasteiger partial charge >= 0.3 is 13.6 Å². The largest absolute Gasteiger partial charge is 0.491 e. The monoisotopic (exact) mass is 583 g/mol. The summed E-state index contributed by atoms with van der Waals surface area (Å²) in [4.78, 5) is 19.3. The molecule has 0 aliphatic rings. The van der Waals surface area contributed by atoms with Crippen LogP contribution in [0.25, 0.3) is 0 Å². The number of nitrogens with one attached hydrogen (secondary N) is 1. The Kier molecular flexibility index (Phi) is 14.5. The number of carbonyl (C=O) groups is 1. The quantitative estimate of drug-likeness (QED) is 0.113. The van der Waals surface area contributed by atoms with Crippen molar-refractivity contribution in [3.63, 3.8) is 0 Å². The standard InChI is InChI=1S/C27H39FN3O6PS/c1-6-36-38(33,37-7-2)19-9-8-16-29-27-30-25(26(32)34-5)24(39-27)13-11-18-35-23-15-14-21(20-22(23)28)12-10-17-31(3)4/h14-15,20H,6-9,11,13,16-19H2,1-5H3,(H,29,30). The third-order valence-electron chi connectivity index (χ3n) is 5.23. The molecule has 2 aromatic rings. The fourth-order valence-electron chi connectivity index (χ4n) is 3.45. The number of nitrogens with zero attached hydrogens (tertiary/aromatic N) is 2. The Morgan fingerprint density at radius 3 is 2.56 bits per heavy atom. The average molecular weight is 584 g/mol. The van der Waals surface area contributed by atoms with Crippen molar-refractivity contribution in [3.8, 4) is 17.6 Å². The summed E-state index contributed by atoms with van der Waals surface area (Å²) in [6.45, 7) is 5.70. The molecule has 0 amide bonds. The van der Waals surface area contributed by atoms with Crippen LogP contribution in [0.3, 0.4) is 0 Å². The molecule has 12 heteroatoms. The Morgan fingerprint density at radius 2 is 1.92 bits per heavy atom. The molecule has 39 heavy (non-hydrogen) atoms. The number of ether oxygens (including phenoxy) is 2. The Hall–Kier alpha value is -2.48. The van der Waals surface area contributed by atoms with Crippen LogP contribution in [-0.2, 0) is 24.8 Å². The van der Waals surface area contributed by atoms with Gasteiger partial charge in [0.2, 0.25) is 0 Å². The summed E-state index contributed by atoms with van der Waals surface area (Å²) in [6, 6.07) is 4.66. The van der Waals surface area contributed by atoms with E-state index in [1.165, 1.54) is 24.5 Å². The van der Waals surface area contributed by atoms with Crippen LogP contribution in [0.1, 0.15) is 54.0 Å². The lowest BCUT2D eigenvalue weighted by atomic mass is 10.2. The summed E-state index contributed by atoms with van der Waals surface area (Å²) in [7, 11) is 2.10. The van der Waals surface area contributed by atoms with Gasteiger partial charge in [-0.2, -0.15) is 0 Å². The number of carbonyl (C=O) groups excluding carboxylic acids is 1. The minimum atomic E-state index is -3.05. The molecular formula is C27H39FN3O6PS. The van der Waals surface area contributed by atoms with Gasteiger partial charge in [0.05, 0.1) is 39.6 Å². The highest BCUT2D eigenvalue weighted by molar-refractivity contribution is 7.53. The molecule has 1 heterocycles. The summed E-state index contributed by atoms with van der Waals surface area (Å²) >= 11 is 1.37. The summed E-state index contributed by atoms with van der Waals surface area (Å²) in [5.41, 5.74) is 0.848. The van der Waals surface area contributed by atoms with Gasteiger partial charge in [0.1, 0.15) is 0 Å². The summed E-state index contributed by atoms with van der Waals surface area (Å²) < 4.78 is 48.1. The van der Waals surface area contributed by atoms with Gasteiger partial charge in [-0.15, -0.1) is 11.3 Å². The molecule has 0 saturated carbocycles. The molecular weight excluding hydrogens is 544 g/mol. The number of aromatic nitrogens is 1.